The maximum absolute atomic E-state index is 11.5. The summed E-state index contributed by atoms with van der Waals surface area (Å²) in [5.74, 6) is 1.27. The molecule has 0 unspecified atom stereocenters. The summed E-state index contributed by atoms with van der Waals surface area (Å²) in [6.45, 7) is 8.21. The Morgan fingerprint density at radius 3 is 2.42 bits per heavy atom. The molecule has 0 N–H and O–H groups in total. The van der Waals surface area contributed by atoms with Gasteiger partial charge in [-0.2, -0.15) is 0 Å². The molecule has 0 amide bonds. The topological polar surface area (TPSA) is 35.5 Å². The van der Waals surface area contributed by atoms with Crippen molar-refractivity contribution < 1.29 is 13.6 Å². The summed E-state index contributed by atoms with van der Waals surface area (Å²) in [5, 5.41) is 0. The zero-order valence-electron chi connectivity index (χ0n) is 7.37. The van der Waals surface area contributed by atoms with Crippen LogP contribution >= 0.6 is 7.60 Å². The fourth-order valence-electron chi connectivity index (χ4n) is 0.795. The van der Waals surface area contributed by atoms with Gasteiger partial charge >= 0.3 is 7.60 Å². The largest absolute Gasteiger partial charge is 0.361 e. The van der Waals surface area contributed by atoms with Gasteiger partial charge in [-0.05, 0) is 0 Å². The van der Waals surface area contributed by atoms with E-state index in [1.165, 1.54) is 5.82 Å². The summed E-state index contributed by atoms with van der Waals surface area (Å²) < 4.78 is 21.7. The minimum absolute atomic E-state index is 0.0527. The third-order valence-corrected chi connectivity index (χ3v) is 3.00. The first-order valence-corrected chi connectivity index (χ1v) is 5.34. The third-order valence-electron chi connectivity index (χ3n) is 1.52. The average Bonchev–Trinajstić information content (AvgIpc) is 1.98. The molecule has 0 radical (unpaired) electrons. The van der Waals surface area contributed by atoms with E-state index in [0.29, 0.717) is 13.2 Å². The molecule has 0 saturated carbocycles. The van der Waals surface area contributed by atoms with Crippen LogP contribution in [0.15, 0.2) is 18.1 Å². The van der Waals surface area contributed by atoms with Gasteiger partial charge in [0.2, 0.25) is 0 Å². The average molecular weight is 188 g/mol. The number of hydrogen-bond donors (Lipinski definition) is 0. The Bertz CT molecular complexity index is 249. The first-order valence-electron chi connectivity index (χ1n) is 3.73. The molecule has 1 aliphatic heterocycles. The molecule has 0 aromatic carbocycles. The third kappa shape index (κ3) is 2.33. The Morgan fingerprint density at radius 2 is 2.00 bits per heavy atom. The second-order valence-electron chi connectivity index (χ2n) is 3.58. The Morgan fingerprint density at radius 1 is 1.50 bits per heavy atom. The summed E-state index contributed by atoms with van der Waals surface area (Å²) >= 11 is 0. The molecule has 1 fully saturated rings. The normalized spacial score (nSPS) is 25.8. The molecule has 0 aromatic heterocycles. The lowest BCUT2D eigenvalue weighted by Gasteiger charge is -2.32. The van der Waals surface area contributed by atoms with E-state index >= 15 is 0 Å². The lowest BCUT2D eigenvalue weighted by molar-refractivity contribution is 0.0457. The van der Waals surface area contributed by atoms with Crippen molar-refractivity contribution in [2.75, 3.05) is 13.2 Å². The summed E-state index contributed by atoms with van der Waals surface area (Å²) in [7, 11) is -2.99. The van der Waals surface area contributed by atoms with Gasteiger partial charge in [0.05, 0.1) is 19.0 Å². The van der Waals surface area contributed by atoms with Crippen LogP contribution in [0.25, 0.3) is 0 Å². The van der Waals surface area contributed by atoms with Crippen LogP contribution in [0.2, 0.25) is 0 Å². The second kappa shape index (κ2) is 3.20. The fourth-order valence-corrected chi connectivity index (χ4v) is 2.30. The van der Waals surface area contributed by atoms with Crippen molar-refractivity contribution in [3.63, 3.8) is 0 Å². The molecule has 1 rings (SSSR count). The zero-order chi connectivity index (χ0) is 9.24. The van der Waals surface area contributed by atoms with Crippen LogP contribution in [-0.2, 0) is 13.6 Å². The van der Waals surface area contributed by atoms with E-state index in [1.807, 2.05) is 13.8 Å². The quantitative estimate of drug-likeness (QED) is 0.468. The van der Waals surface area contributed by atoms with E-state index < -0.39 is 7.60 Å². The first-order chi connectivity index (χ1) is 5.47. The van der Waals surface area contributed by atoms with Gasteiger partial charge in [0.25, 0.3) is 0 Å². The Hall–Kier alpha value is -0.330. The molecule has 68 valence electrons. The first kappa shape index (κ1) is 9.76. The highest BCUT2D eigenvalue weighted by atomic mass is 31.2. The van der Waals surface area contributed by atoms with Gasteiger partial charge in [-0.1, -0.05) is 20.4 Å². The molecule has 0 spiro atoms. The van der Waals surface area contributed by atoms with E-state index in [9.17, 15) is 4.57 Å². The highest BCUT2D eigenvalue weighted by Gasteiger charge is 2.34. The molecule has 0 aliphatic carbocycles. The van der Waals surface area contributed by atoms with Crippen molar-refractivity contribution in [3.8, 4) is 0 Å². The van der Waals surface area contributed by atoms with Crippen LogP contribution in [0.1, 0.15) is 13.8 Å². The summed E-state index contributed by atoms with van der Waals surface area (Å²) in [5.41, 5.74) is 2.36. The van der Waals surface area contributed by atoms with Crippen LogP contribution in [-0.4, -0.2) is 13.2 Å². The van der Waals surface area contributed by atoms with E-state index in [4.69, 9.17) is 9.05 Å². The minimum Gasteiger partial charge on any atom is -0.305 e. The van der Waals surface area contributed by atoms with Gasteiger partial charge in [-0.3, -0.25) is 4.57 Å². The van der Waals surface area contributed by atoms with Crippen molar-refractivity contribution in [1.29, 1.82) is 0 Å². The predicted molar refractivity (Wildman–Crippen MR) is 47.0 cm³/mol. The van der Waals surface area contributed by atoms with Crippen molar-refractivity contribution in [2.45, 2.75) is 13.8 Å². The molecule has 0 aromatic rings. The molecule has 12 heavy (non-hydrogen) atoms. The fraction of sp³-hybridized carbons (Fsp3) is 0.625. The van der Waals surface area contributed by atoms with Crippen LogP contribution in [0.5, 0.6) is 0 Å². The molecule has 0 bridgehead atoms. The molecule has 1 saturated heterocycles. The molecule has 1 heterocycles. The SMILES string of the molecule is C=C=CP1(=O)OCC(C)(C)CO1. The molecule has 0 atom stereocenters. The van der Waals surface area contributed by atoms with Gasteiger partial charge in [-0.15, -0.1) is 5.73 Å². The van der Waals surface area contributed by atoms with Gasteiger partial charge < -0.3 is 9.05 Å². The number of rotatable bonds is 1. The Balaban J connectivity index is 2.68. The number of hydrogen-bond acceptors (Lipinski definition) is 3. The zero-order valence-corrected chi connectivity index (χ0v) is 8.27. The van der Waals surface area contributed by atoms with Gasteiger partial charge in [0, 0.05) is 5.41 Å². The predicted octanol–water partition coefficient (Wildman–Crippen LogP) is 2.55. The summed E-state index contributed by atoms with van der Waals surface area (Å²) in [6.07, 6.45) is 0. The monoisotopic (exact) mass is 188 g/mol. The van der Waals surface area contributed by atoms with Crippen molar-refractivity contribution in [1.82, 2.24) is 0 Å². The minimum atomic E-state index is -2.99. The highest BCUT2D eigenvalue weighted by Crippen LogP contribution is 2.54. The summed E-state index contributed by atoms with van der Waals surface area (Å²) in [4.78, 5) is 0. The van der Waals surface area contributed by atoms with Gasteiger partial charge in [0.15, 0.2) is 0 Å². The Labute approximate surface area is 72.6 Å². The Kier molecular flexibility index (Phi) is 2.60. The van der Waals surface area contributed by atoms with Crippen LogP contribution < -0.4 is 0 Å². The van der Waals surface area contributed by atoms with Crippen molar-refractivity contribution >= 4 is 7.60 Å². The molecule has 4 heteroatoms. The van der Waals surface area contributed by atoms with Gasteiger partial charge in [-0.25, -0.2) is 0 Å². The van der Waals surface area contributed by atoms with Crippen LogP contribution in [0.3, 0.4) is 0 Å². The van der Waals surface area contributed by atoms with E-state index in [0.717, 1.165) is 0 Å². The lowest BCUT2D eigenvalue weighted by Crippen LogP contribution is -2.28. The molecule has 1 aliphatic rings. The molecule has 3 nitrogen and oxygen atoms in total. The smallest absolute Gasteiger partial charge is 0.305 e. The van der Waals surface area contributed by atoms with Crippen molar-refractivity contribution in [3.05, 3.63) is 18.1 Å². The maximum atomic E-state index is 11.5. The van der Waals surface area contributed by atoms with Crippen LogP contribution in [0, 0.1) is 5.41 Å². The van der Waals surface area contributed by atoms with Gasteiger partial charge in [0.1, 0.15) is 0 Å². The van der Waals surface area contributed by atoms with Crippen molar-refractivity contribution in [2.24, 2.45) is 5.41 Å². The molecular formula is C8H13O3P. The molecular weight excluding hydrogens is 175 g/mol. The van der Waals surface area contributed by atoms with Crippen LogP contribution in [0.4, 0.5) is 0 Å². The maximum Gasteiger partial charge on any atom is 0.361 e. The van der Waals surface area contributed by atoms with E-state index in [-0.39, 0.29) is 5.41 Å². The highest BCUT2D eigenvalue weighted by molar-refractivity contribution is 7.57. The lowest BCUT2D eigenvalue weighted by atomic mass is 9.97. The van der Waals surface area contributed by atoms with E-state index in [1.54, 1.807) is 0 Å². The van der Waals surface area contributed by atoms with E-state index in [2.05, 4.69) is 12.3 Å². The standard InChI is InChI=1S/C8H13O3P/c1-4-5-12(9)10-6-8(2,3)7-11-12/h5H,1,6-7H2,2-3H3. The summed E-state index contributed by atoms with van der Waals surface area (Å²) in [6, 6.07) is 0. The second-order valence-corrected chi connectivity index (χ2v) is 5.44.